The van der Waals surface area contributed by atoms with Gasteiger partial charge in [-0.05, 0) is 44.5 Å². The Morgan fingerprint density at radius 1 is 1.30 bits per heavy atom. The molecule has 5 nitrogen and oxygen atoms in total. The van der Waals surface area contributed by atoms with Gasteiger partial charge < -0.3 is 20.1 Å². The largest absolute Gasteiger partial charge is 0.491 e. The minimum atomic E-state index is 0. The number of aryl methyl sites for hydroxylation is 1. The Labute approximate surface area is 144 Å². The molecule has 0 spiro atoms. The van der Waals surface area contributed by atoms with Crippen LogP contribution in [0.15, 0.2) is 18.2 Å². The first-order valence-electron chi connectivity index (χ1n) is 7.90. The summed E-state index contributed by atoms with van der Waals surface area (Å²) in [5.41, 5.74) is 2.14. The molecule has 1 fully saturated rings. The summed E-state index contributed by atoms with van der Waals surface area (Å²) < 4.78 is 10.8. The molecule has 130 valence electrons. The number of benzene rings is 1. The first-order chi connectivity index (χ1) is 10.7. The van der Waals surface area contributed by atoms with Gasteiger partial charge in [0.1, 0.15) is 12.4 Å². The van der Waals surface area contributed by atoms with Crippen LogP contribution in [0.3, 0.4) is 0 Å². The molecule has 0 saturated carbocycles. The average molecular weight is 343 g/mol. The van der Waals surface area contributed by atoms with E-state index in [9.17, 15) is 4.79 Å². The fraction of sp³-hybridized carbons (Fsp3) is 0.588. The first-order valence-corrected chi connectivity index (χ1v) is 7.90. The number of amides is 1. The van der Waals surface area contributed by atoms with Crippen molar-refractivity contribution < 1.29 is 14.3 Å². The molecule has 1 aliphatic heterocycles. The molecule has 23 heavy (non-hydrogen) atoms. The van der Waals surface area contributed by atoms with Crippen LogP contribution in [0, 0.1) is 12.8 Å². The van der Waals surface area contributed by atoms with E-state index in [-0.39, 0.29) is 24.2 Å². The topological polar surface area (TPSA) is 59.6 Å². The molecule has 6 heteroatoms. The predicted octanol–water partition coefficient (Wildman–Crippen LogP) is 2.06. The molecular formula is C17H27ClN2O3. The lowest BCUT2D eigenvalue weighted by Crippen LogP contribution is -2.37. The molecule has 2 N–H and O–H groups in total. The first kappa shape index (κ1) is 19.7. The van der Waals surface area contributed by atoms with Crippen molar-refractivity contribution in [3.63, 3.8) is 0 Å². The molecule has 1 amide bonds. The monoisotopic (exact) mass is 342 g/mol. The summed E-state index contributed by atoms with van der Waals surface area (Å²) in [4.78, 5) is 12.2. The van der Waals surface area contributed by atoms with E-state index in [1.807, 2.05) is 25.1 Å². The number of carbonyl (C=O) groups excluding carboxylic acids is 1. The van der Waals surface area contributed by atoms with Crippen molar-refractivity contribution in [3.05, 3.63) is 29.3 Å². The SMILES string of the molecule is COCCOc1cc(C)ccc1CNC(=O)C1CCNCC1.Cl. The number of carbonyl (C=O) groups is 1. The number of ether oxygens (including phenoxy) is 2. The van der Waals surface area contributed by atoms with Gasteiger partial charge in [0.05, 0.1) is 6.61 Å². The van der Waals surface area contributed by atoms with Gasteiger partial charge in [0.25, 0.3) is 0 Å². The zero-order valence-electron chi connectivity index (χ0n) is 13.9. The average Bonchev–Trinajstić information content (AvgIpc) is 2.55. The van der Waals surface area contributed by atoms with E-state index < -0.39 is 0 Å². The summed E-state index contributed by atoms with van der Waals surface area (Å²) >= 11 is 0. The molecule has 1 aliphatic rings. The molecule has 1 saturated heterocycles. The maximum Gasteiger partial charge on any atom is 0.223 e. The van der Waals surface area contributed by atoms with Crippen LogP contribution in [0.4, 0.5) is 0 Å². The van der Waals surface area contributed by atoms with Gasteiger partial charge >= 0.3 is 0 Å². The van der Waals surface area contributed by atoms with E-state index in [4.69, 9.17) is 9.47 Å². The standard InChI is InChI=1S/C17H26N2O3.ClH/c1-13-3-4-15(16(11-13)22-10-9-21-2)12-19-17(20)14-5-7-18-8-6-14;/h3-4,11,14,18H,5-10,12H2,1-2H3,(H,19,20);1H. The molecule has 0 bridgehead atoms. The lowest BCUT2D eigenvalue weighted by Gasteiger charge is -2.22. The van der Waals surface area contributed by atoms with Gasteiger partial charge in [-0.25, -0.2) is 0 Å². The van der Waals surface area contributed by atoms with Crippen molar-refractivity contribution in [1.82, 2.24) is 10.6 Å². The quantitative estimate of drug-likeness (QED) is 0.745. The van der Waals surface area contributed by atoms with Crippen molar-refractivity contribution in [1.29, 1.82) is 0 Å². The highest BCUT2D eigenvalue weighted by molar-refractivity contribution is 5.85. The molecule has 2 rings (SSSR count). The maximum atomic E-state index is 12.2. The predicted molar refractivity (Wildman–Crippen MR) is 93.2 cm³/mol. The van der Waals surface area contributed by atoms with Crippen molar-refractivity contribution in [3.8, 4) is 5.75 Å². The highest BCUT2D eigenvalue weighted by Gasteiger charge is 2.20. The van der Waals surface area contributed by atoms with E-state index in [0.29, 0.717) is 19.8 Å². The van der Waals surface area contributed by atoms with Crippen molar-refractivity contribution in [2.24, 2.45) is 5.92 Å². The van der Waals surface area contributed by atoms with Crippen molar-refractivity contribution >= 4 is 18.3 Å². The highest BCUT2D eigenvalue weighted by Crippen LogP contribution is 2.21. The number of rotatable bonds is 7. The highest BCUT2D eigenvalue weighted by atomic mass is 35.5. The Morgan fingerprint density at radius 2 is 2.04 bits per heavy atom. The van der Waals surface area contributed by atoms with Crippen LogP contribution in [-0.4, -0.2) is 39.3 Å². The van der Waals surface area contributed by atoms with Gasteiger partial charge in [0.15, 0.2) is 0 Å². The second-order valence-corrected chi connectivity index (χ2v) is 5.69. The number of hydrogen-bond donors (Lipinski definition) is 2. The Balaban J connectivity index is 0.00000264. The number of hydrogen-bond acceptors (Lipinski definition) is 4. The summed E-state index contributed by atoms with van der Waals surface area (Å²) in [7, 11) is 1.65. The Bertz CT molecular complexity index is 491. The Morgan fingerprint density at radius 3 is 2.74 bits per heavy atom. The fourth-order valence-corrected chi connectivity index (χ4v) is 2.59. The summed E-state index contributed by atoms with van der Waals surface area (Å²) in [6.07, 6.45) is 1.83. The van der Waals surface area contributed by atoms with Crippen LogP contribution >= 0.6 is 12.4 Å². The van der Waals surface area contributed by atoms with E-state index in [2.05, 4.69) is 10.6 Å². The van der Waals surface area contributed by atoms with Crippen LogP contribution in [0.1, 0.15) is 24.0 Å². The number of methoxy groups -OCH3 is 1. The molecule has 0 aromatic heterocycles. The Hall–Kier alpha value is -1.30. The van der Waals surface area contributed by atoms with Crippen LogP contribution in [0.5, 0.6) is 5.75 Å². The van der Waals surface area contributed by atoms with Gasteiger partial charge in [-0.3, -0.25) is 4.79 Å². The summed E-state index contributed by atoms with van der Waals surface area (Å²) in [5.74, 6) is 1.09. The normalized spacial score (nSPS) is 14.9. The second-order valence-electron chi connectivity index (χ2n) is 5.69. The lowest BCUT2D eigenvalue weighted by atomic mass is 9.97. The Kier molecular flexibility index (Phi) is 8.99. The number of piperidine rings is 1. The summed E-state index contributed by atoms with van der Waals surface area (Å²) in [6, 6.07) is 6.05. The van der Waals surface area contributed by atoms with Crippen molar-refractivity contribution in [2.75, 3.05) is 33.4 Å². The van der Waals surface area contributed by atoms with Gasteiger partial charge in [-0.2, -0.15) is 0 Å². The van der Waals surface area contributed by atoms with Crippen LogP contribution < -0.4 is 15.4 Å². The molecule has 0 radical (unpaired) electrons. The summed E-state index contributed by atoms with van der Waals surface area (Å²) in [6.45, 7) is 5.44. The molecule has 0 aliphatic carbocycles. The number of nitrogens with one attached hydrogen (secondary N) is 2. The van der Waals surface area contributed by atoms with E-state index in [1.165, 1.54) is 0 Å². The third-order valence-corrected chi connectivity index (χ3v) is 3.93. The van der Waals surface area contributed by atoms with E-state index >= 15 is 0 Å². The number of halogens is 1. The lowest BCUT2D eigenvalue weighted by molar-refractivity contribution is -0.125. The summed E-state index contributed by atoms with van der Waals surface area (Å²) in [5, 5.41) is 6.32. The minimum absolute atomic E-state index is 0. The fourth-order valence-electron chi connectivity index (χ4n) is 2.59. The van der Waals surface area contributed by atoms with Crippen molar-refractivity contribution in [2.45, 2.75) is 26.3 Å². The molecule has 1 heterocycles. The second kappa shape index (κ2) is 10.5. The van der Waals surface area contributed by atoms with Crippen LogP contribution in [0.25, 0.3) is 0 Å². The van der Waals surface area contributed by atoms with Gasteiger partial charge in [0, 0.05) is 25.1 Å². The van der Waals surface area contributed by atoms with Gasteiger partial charge in [0.2, 0.25) is 5.91 Å². The third kappa shape index (κ3) is 6.37. The van der Waals surface area contributed by atoms with E-state index in [1.54, 1.807) is 7.11 Å². The smallest absolute Gasteiger partial charge is 0.223 e. The zero-order chi connectivity index (χ0) is 15.8. The molecule has 1 aromatic carbocycles. The molecule has 0 unspecified atom stereocenters. The van der Waals surface area contributed by atoms with E-state index in [0.717, 1.165) is 42.8 Å². The van der Waals surface area contributed by atoms with Crippen LogP contribution in [0.2, 0.25) is 0 Å². The maximum absolute atomic E-state index is 12.2. The van der Waals surface area contributed by atoms with Crippen LogP contribution in [-0.2, 0) is 16.1 Å². The zero-order valence-corrected chi connectivity index (χ0v) is 14.7. The van der Waals surface area contributed by atoms with Gasteiger partial charge in [-0.1, -0.05) is 12.1 Å². The third-order valence-electron chi connectivity index (χ3n) is 3.93. The van der Waals surface area contributed by atoms with Gasteiger partial charge in [-0.15, -0.1) is 12.4 Å². The molecule has 0 atom stereocenters. The molecule has 1 aromatic rings. The minimum Gasteiger partial charge on any atom is -0.491 e. The molecular weight excluding hydrogens is 316 g/mol.